The molecule has 2 aromatic carbocycles. The zero-order chi connectivity index (χ0) is 16.8. The van der Waals surface area contributed by atoms with E-state index in [0.717, 1.165) is 0 Å². The summed E-state index contributed by atoms with van der Waals surface area (Å²) < 4.78 is 38.8. The molecular formula is C16H16ClFN2O2S. The molecule has 0 saturated heterocycles. The van der Waals surface area contributed by atoms with Crippen LogP contribution in [0.15, 0.2) is 53.4 Å². The molecule has 0 spiro atoms. The van der Waals surface area contributed by atoms with Crippen molar-refractivity contribution in [1.82, 2.24) is 0 Å². The van der Waals surface area contributed by atoms with Crippen LogP contribution in [0.4, 0.5) is 4.39 Å². The minimum atomic E-state index is -3.67. The largest absolute Gasteiger partial charge is 0.329 e. The molecule has 1 fully saturated rings. The monoisotopic (exact) mass is 354 g/mol. The molecule has 0 aromatic heterocycles. The van der Waals surface area contributed by atoms with E-state index in [4.69, 9.17) is 23.1 Å². The highest BCUT2D eigenvalue weighted by Gasteiger charge is 2.68. The summed E-state index contributed by atoms with van der Waals surface area (Å²) in [7, 11) is -3.67. The van der Waals surface area contributed by atoms with Gasteiger partial charge in [0, 0.05) is 17.5 Å². The Morgan fingerprint density at radius 2 is 1.65 bits per heavy atom. The van der Waals surface area contributed by atoms with Gasteiger partial charge in [0.15, 0.2) is 9.84 Å². The summed E-state index contributed by atoms with van der Waals surface area (Å²) in [5.74, 6) is -0.851. The molecule has 3 atom stereocenters. The Morgan fingerprint density at radius 3 is 2.17 bits per heavy atom. The first-order chi connectivity index (χ1) is 10.8. The molecule has 23 heavy (non-hydrogen) atoms. The molecular weight excluding hydrogens is 339 g/mol. The second kappa shape index (κ2) is 5.56. The molecule has 7 heteroatoms. The lowest BCUT2D eigenvalue weighted by atomic mass is 10.1. The predicted octanol–water partition coefficient (Wildman–Crippen LogP) is 2.08. The molecule has 4 N–H and O–H groups in total. The summed E-state index contributed by atoms with van der Waals surface area (Å²) in [5, 5.41) is -0.390. The van der Waals surface area contributed by atoms with E-state index in [-0.39, 0.29) is 17.3 Å². The van der Waals surface area contributed by atoms with E-state index in [1.54, 1.807) is 12.1 Å². The third-order valence-electron chi connectivity index (χ3n) is 4.36. The maximum atomic E-state index is 13.1. The highest BCUT2D eigenvalue weighted by Crippen LogP contribution is 2.55. The zero-order valence-electron chi connectivity index (χ0n) is 12.1. The van der Waals surface area contributed by atoms with Gasteiger partial charge in [-0.05, 0) is 42.0 Å². The lowest BCUT2D eigenvalue weighted by molar-refractivity contribution is 0.586. The molecule has 1 saturated carbocycles. The van der Waals surface area contributed by atoms with Crippen molar-refractivity contribution in [1.29, 1.82) is 0 Å². The van der Waals surface area contributed by atoms with Crippen LogP contribution in [0.1, 0.15) is 11.5 Å². The minimum Gasteiger partial charge on any atom is -0.329 e. The molecule has 122 valence electrons. The van der Waals surface area contributed by atoms with Crippen LogP contribution < -0.4 is 11.5 Å². The van der Waals surface area contributed by atoms with E-state index in [9.17, 15) is 12.8 Å². The average molecular weight is 355 g/mol. The second-order valence-corrected chi connectivity index (χ2v) is 8.27. The number of hydrogen-bond acceptors (Lipinski definition) is 4. The molecule has 2 aromatic rings. The first-order valence-corrected chi connectivity index (χ1v) is 8.97. The van der Waals surface area contributed by atoms with Gasteiger partial charge >= 0.3 is 0 Å². The third kappa shape index (κ3) is 2.65. The third-order valence-corrected chi connectivity index (χ3v) is 6.92. The van der Waals surface area contributed by atoms with Crippen molar-refractivity contribution in [3.8, 4) is 0 Å². The number of hydrogen-bond donors (Lipinski definition) is 2. The van der Waals surface area contributed by atoms with Crippen LogP contribution in [0, 0.1) is 5.82 Å². The van der Waals surface area contributed by atoms with E-state index in [1.165, 1.54) is 36.4 Å². The van der Waals surface area contributed by atoms with Crippen LogP contribution in [0.3, 0.4) is 0 Å². The summed E-state index contributed by atoms with van der Waals surface area (Å²) in [5.41, 5.74) is 11.6. The van der Waals surface area contributed by atoms with Gasteiger partial charge in [-0.2, -0.15) is 0 Å². The number of nitrogens with two attached hydrogens (primary N) is 2. The lowest BCUT2D eigenvalue weighted by Gasteiger charge is -2.09. The number of benzene rings is 2. The van der Waals surface area contributed by atoms with Crippen molar-refractivity contribution in [2.24, 2.45) is 11.5 Å². The smallest absolute Gasteiger partial charge is 0.183 e. The molecule has 0 unspecified atom stereocenters. The number of sulfone groups is 1. The normalized spacial score (nSPS) is 27.0. The van der Waals surface area contributed by atoms with E-state index >= 15 is 0 Å². The molecule has 0 radical (unpaired) electrons. The van der Waals surface area contributed by atoms with Gasteiger partial charge in [0.1, 0.15) is 5.82 Å². The van der Waals surface area contributed by atoms with Gasteiger partial charge < -0.3 is 11.5 Å². The Bertz CT molecular complexity index is 824. The Morgan fingerprint density at radius 1 is 1.09 bits per heavy atom. The Balaban J connectivity index is 2.01. The van der Waals surface area contributed by atoms with E-state index in [1.807, 2.05) is 0 Å². The minimum absolute atomic E-state index is 0.0204. The summed E-state index contributed by atoms with van der Waals surface area (Å²) in [6.45, 7) is 0.0204. The van der Waals surface area contributed by atoms with Gasteiger partial charge in [-0.1, -0.05) is 23.7 Å². The van der Waals surface area contributed by atoms with E-state index in [2.05, 4.69) is 0 Å². The average Bonchev–Trinajstić information content (AvgIpc) is 3.16. The fraction of sp³-hybridized carbons (Fsp3) is 0.250. The van der Waals surface area contributed by atoms with Crippen molar-refractivity contribution < 1.29 is 12.8 Å². The molecule has 0 bridgehead atoms. The first-order valence-electron chi connectivity index (χ1n) is 7.04. The Labute approximate surface area is 139 Å². The number of halogens is 2. The van der Waals surface area contributed by atoms with Crippen molar-refractivity contribution in [2.75, 3.05) is 6.54 Å². The van der Waals surface area contributed by atoms with Gasteiger partial charge in [0.05, 0.1) is 15.7 Å². The SMILES string of the molecule is NC[C@@]1(N)[C@H](c2ccc(F)cc2)[C@@H]1S(=O)(=O)c1ccc(Cl)cc1. The van der Waals surface area contributed by atoms with E-state index in [0.29, 0.717) is 10.6 Å². The molecule has 1 aliphatic carbocycles. The van der Waals surface area contributed by atoms with E-state index < -0.39 is 26.5 Å². The standard InChI is InChI=1S/C16H16ClFN2O2S/c17-11-3-7-13(8-4-11)23(21,22)15-14(16(15,20)9-19)10-1-5-12(18)6-2-10/h1-8,14-15H,9,19-20H2/t14-,15+,16-/m1/s1. The maximum absolute atomic E-state index is 13.1. The molecule has 3 rings (SSSR count). The molecule has 0 amide bonds. The zero-order valence-corrected chi connectivity index (χ0v) is 13.7. The summed E-state index contributed by atoms with van der Waals surface area (Å²) >= 11 is 5.80. The Hall–Kier alpha value is -1.47. The molecule has 1 aliphatic rings. The second-order valence-electron chi connectivity index (χ2n) is 5.77. The van der Waals surface area contributed by atoms with Crippen molar-refractivity contribution in [2.45, 2.75) is 21.6 Å². The molecule has 4 nitrogen and oxygen atoms in total. The highest BCUT2D eigenvalue weighted by atomic mass is 35.5. The number of rotatable bonds is 4. The van der Waals surface area contributed by atoms with Crippen LogP contribution in [0.25, 0.3) is 0 Å². The Kier molecular flexibility index (Phi) is 3.96. The van der Waals surface area contributed by atoms with Crippen molar-refractivity contribution >= 4 is 21.4 Å². The quantitative estimate of drug-likeness (QED) is 0.880. The van der Waals surface area contributed by atoms with Gasteiger partial charge in [0.25, 0.3) is 0 Å². The fourth-order valence-corrected chi connectivity index (χ4v) is 5.51. The van der Waals surface area contributed by atoms with Gasteiger partial charge in [-0.15, -0.1) is 0 Å². The van der Waals surface area contributed by atoms with Gasteiger partial charge in [-0.3, -0.25) is 0 Å². The fourth-order valence-electron chi connectivity index (χ4n) is 3.06. The molecule has 0 heterocycles. The first kappa shape index (κ1) is 16.4. The van der Waals surface area contributed by atoms with Crippen molar-refractivity contribution in [3.05, 3.63) is 64.9 Å². The molecule has 0 aliphatic heterocycles. The van der Waals surface area contributed by atoms with Crippen LogP contribution in [0.2, 0.25) is 5.02 Å². The maximum Gasteiger partial charge on any atom is 0.183 e. The summed E-state index contributed by atoms with van der Waals surface area (Å²) in [6, 6.07) is 11.6. The van der Waals surface area contributed by atoms with Crippen molar-refractivity contribution in [3.63, 3.8) is 0 Å². The van der Waals surface area contributed by atoms with Crippen LogP contribution in [0.5, 0.6) is 0 Å². The predicted molar refractivity (Wildman–Crippen MR) is 87.5 cm³/mol. The van der Waals surface area contributed by atoms with Gasteiger partial charge in [-0.25, -0.2) is 12.8 Å². The topological polar surface area (TPSA) is 86.2 Å². The van der Waals surface area contributed by atoms with Crippen LogP contribution in [-0.2, 0) is 9.84 Å². The highest BCUT2D eigenvalue weighted by molar-refractivity contribution is 7.92. The summed E-state index contributed by atoms with van der Waals surface area (Å²) in [6.07, 6.45) is 0. The van der Waals surface area contributed by atoms with Crippen LogP contribution in [-0.4, -0.2) is 25.8 Å². The summed E-state index contributed by atoms with van der Waals surface area (Å²) in [4.78, 5) is 0.153. The van der Waals surface area contributed by atoms with Gasteiger partial charge in [0.2, 0.25) is 0 Å². The lowest BCUT2D eigenvalue weighted by Crippen LogP contribution is -2.39. The van der Waals surface area contributed by atoms with Crippen LogP contribution >= 0.6 is 11.6 Å².